The molecule has 1 heterocycles. The highest BCUT2D eigenvalue weighted by molar-refractivity contribution is 5.83. The van der Waals surface area contributed by atoms with Crippen LogP contribution in [-0.2, 0) is 16.1 Å². The van der Waals surface area contributed by atoms with Gasteiger partial charge in [0.05, 0.1) is 6.20 Å². The minimum atomic E-state index is -1.04. The number of hydrogen-bond acceptors (Lipinski definition) is 5. The third-order valence-electron chi connectivity index (χ3n) is 1.46. The van der Waals surface area contributed by atoms with E-state index in [-0.39, 0.29) is 12.4 Å². The molecule has 0 fully saturated rings. The number of nitrogens with zero attached hydrogens (tertiary/aromatic N) is 3. The van der Waals surface area contributed by atoms with E-state index in [0.29, 0.717) is 0 Å². The second kappa shape index (κ2) is 4.81. The maximum absolute atomic E-state index is 11.3. The fraction of sp³-hybridized carbons (Fsp3) is 0.556. The molecule has 0 saturated carbocycles. The lowest BCUT2D eigenvalue weighted by Crippen LogP contribution is -2.27. The van der Waals surface area contributed by atoms with Gasteiger partial charge >= 0.3 is 12.1 Å². The Hall–Kier alpha value is -2.12. The molecule has 0 unspecified atom stereocenters. The summed E-state index contributed by atoms with van der Waals surface area (Å²) in [6.07, 6.45) is 0.637. The zero-order valence-electron chi connectivity index (χ0n) is 9.80. The van der Waals surface area contributed by atoms with Crippen molar-refractivity contribution < 1.29 is 19.4 Å². The van der Waals surface area contributed by atoms with Crippen LogP contribution in [0.25, 0.3) is 0 Å². The average Bonchev–Trinajstić information content (AvgIpc) is 2.46. The third kappa shape index (κ3) is 4.96. The van der Waals surface area contributed by atoms with E-state index in [1.807, 2.05) is 0 Å². The first-order valence-electron chi connectivity index (χ1n) is 4.88. The van der Waals surface area contributed by atoms with Crippen LogP contribution in [0.3, 0.4) is 0 Å². The minimum Gasteiger partial charge on any atom is -0.480 e. The van der Waals surface area contributed by atoms with E-state index in [1.54, 1.807) is 20.8 Å². The molecule has 0 bridgehead atoms. The maximum atomic E-state index is 11.3. The maximum Gasteiger partial charge on any atom is 0.413 e. The molecule has 0 aliphatic carbocycles. The fourth-order valence-corrected chi connectivity index (χ4v) is 0.980. The smallest absolute Gasteiger partial charge is 0.413 e. The topological polar surface area (TPSA) is 106 Å². The molecule has 1 amide bonds. The van der Waals surface area contributed by atoms with E-state index >= 15 is 0 Å². The number of carbonyl (C=O) groups excluding carboxylic acids is 1. The van der Waals surface area contributed by atoms with Gasteiger partial charge in [0.2, 0.25) is 0 Å². The standard InChI is InChI=1S/C9H14N4O4/c1-9(2,3)17-8(16)10-6-4-13(12-11-6)5-7(14)15/h4H,5H2,1-3H3,(H,10,16)(H,14,15). The lowest BCUT2D eigenvalue weighted by atomic mass is 10.2. The second-order valence-electron chi connectivity index (χ2n) is 4.32. The summed E-state index contributed by atoms with van der Waals surface area (Å²) >= 11 is 0. The van der Waals surface area contributed by atoms with Gasteiger partial charge in [-0.15, -0.1) is 5.10 Å². The first kappa shape index (κ1) is 12.9. The summed E-state index contributed by atoms with van der Waals surface area (Å²) in [5.74, 6) is -0.904. The van der Waals surface area contributed by atoms with Crippen LogP contribution in [0.15, 0.2) is 6.20 Å². The van der Waals surface area contributed by atoms with Gasteiger partial charge in [-0.25, -0.2) is 9.48 Å². The molecule has 1 aromatic heterocycles. The van der Waals surface area contributed by atoms with Crippen molar-refractivity contribution in [3.05, 3.63) is 6.20 Å². The third-order valence-corrected chi connectivity index (χ3v) is 1.46. The molecule has 94 valence electrons. The molecule has 0 aliphatic heterocycles. The molecule has 0 aromatic carbocycles. The summed E-state index contributed by atoms with van der Waals surface area (Å²) < 4.78 is 6.08. The molecule has 0 spiro atoms. The SMILES string of the molecule is CC(C)(C)OC(=O)Nc1cn(CC(=O)O)nn1. The molecular formula is C9H14N4O4. The van der Waals surface area contributed by atoms with Crippen molar-refractivity contribution in [2.24, 2.45) is 0 Å². The van der Waals surface area contributed by atoms with E-state index in [9.17, 15) is 9.59 Å². The van der Waals surface area contributed by atoms with Gasteiger partial charge in [0.25, 0.3) is 0 Å². The van der Waals surface area contributed by atoms with E-state index in [0.717, 1.165) is 4.68 Å². The highest BCUT2D eigenvalue weighted by atomic mass is 16.6. The number of nitrogens with one attached hydrogen (secondary N) is 1. The first-order chi connectivity index (χ1) is 7.76. The monoisotopic (exact) mass is 242 g/mol. The van der Waals surface area contributed by atoms with Crippen LogP contribution >= 0.6 is 0 Å². The van der Waals surface area contributed by atoms with Gasteiger partial charge in [-0.3, -0.25) is 10.1 Å². The molecule has 17 heavy (non-hydrogen) atoms. The first-order valence-corrected chi connectivity index (χ1v) is 4.88. The summed E-state index contributed by atoms with van der Waals surface area (Å²) in [6.45, 7) is 4.87. The van der Waals surface area contributed by atoms with E-state index in [4.69, 9.17) is 9.84 Å². The van der Waals surface area contributed by atoms with Crippen molar-refractivity contribution >= 4 is 17.9 Å². The van der Waals surface area contributed by atoms with Gasteiger partial charge in [-0.1, -0.05) is 5.21 Å². The van der Waals surface area contributed by atoms with Crippen molar-refractivity contribution in [3.8, 4) is 0 Å². The van der Waals surface area contributed by atoms with E-state index < -0.39 is 17.7 Å². The summed E-state index contributed by atoms with van der Waals surface area (Å²) in [5.41, 5.74) is -0.610. The molecule has 0 radical (unpaired) electrons. The van der Waals surface area contributed by atoms with Crippen LogP contribution in [0, 0.1) is 0 Å². The van der Waals surface area contributed by atoms with Gasteiger partial charge in [0.15, 0.2) is 5.82 Å². The molecule has 8 heteroatoms. The van der Waals surface area contributed by atoms with Crippen molar-refractivity contribution in [2.45, 2.75) is 32.9 Å². The molecular weight excluding hydrogens is 228 g/mol. The Morgan fingerprint density at radius 1 is 1.53 bits per heavy atom. The van der Waals surface area contributed by atoms with E-state index in [2.05, 4.69) is 15.6 Å². The Morgan fingerprint density at radius 2 is 2.18 bits per heavy atom. The predicted octanol–water partition coefficient (Wildman–Crippen LogP) is 0.710. The number of ether oxygens (including phenoxy) is 1. The number of aliphatic carboxylic acids is 1. The fourth-order valence-electron chi connectivity index (χ4n) is 0.980. The summed E-state index contributed by atoms with van der Waals surface area (Å²) in [6, 6.07) is 0. The average molecular weight is 242 g/mol. The van der Waals surface area contributed by atoms with Crippen LogP contribution in [-0.4, -0.2) is 37.8 Å². The van der Waals surface area contributed by atoms with Crippen LogP contribution in [0.2, 0.25) is 0 Å². The van der Waals surface area contributed by atoms with E-state index in [1.165, 1.54) is 6.20 Å². The van der Waals surface area contributed by atoms with Crippen LogP contribution in [0.1, 0.15) is 20.8 Å². The molecule has 0 saturated heterocycles. The lowest BCUT2D eigenvalue weighted by molar-refractivity contribution is -0.137. The van der Waals surface area contributed by atoms with Gasteiger partial charge in [0, 0.05) is 0 Å². The van der Waals surface area contributed by atoms with Gasteiger partial charge in [-0.05, 0) is 20.8 Å². The number of hydrogen-bond donors (Lipinski definition) is 2. The summed E-state index contributed by atoms with van der Waals surface area (Å²) in [5, 5.41) is 18.0. The van der Waals surface area contributed by atoms with Crippen LogP contribution in [0.4, 0.5) is 10.6 Å². The van der Waals surface area contributed by atoms with Gasteiger partial charge < -0.3 is 9.84 Å². The molecule has 1 aromatic rings. The number of rotatable bonds is 3. The second-order valence-corrected chi connectivity index (χ2v) is 4.32. The normalized spacial score (nSPS) is 11.0. The number of carboxylic acids is 1. The van der Waals surface area contributed by atoms with Gasteiger partial charge in [0.1, 0.15) is 12.1 Å². The van der Waals surface area contributed by atoms with Crippen molar-refractivity contribution in [1.82, 2.24) is 15.0 Å². The highest BCUT2D eigenvalue weighted by Gasteiger charge is 2.17. The Balaban J connectivity index is 2.55. The number of amides is 1. The van der Waals surface area contributed by atoms with Crippen LogP contribution < -0.4 is 5.32 Å². The highest BCUT2D eigenvalue weighted by Crippen LogP contribution is 2.09. The van der Waals surface area contributed by atoms with Crippen LogP contribution in [0.5, 0.6) is 0 Å². The largest absolute Gasteiger partial charge is 0.480 e. The Kier molecular flexibility index (Phi) is 3.66. The Morgan fingerprint density at radius 3 is 2.71 bits per heavy atom. The minimum absolute atomic E-state index is 0.139. The molecule has 8 nitrogen and oxygen atoms in total. The number of carbonyl (C=O) groups is 2. The molecule has 1 rings (SSSR count). The van der Waals surface area contributed by atoms with Crippen molar-refractivity contribution in [3.63, 3.8) is 0 Å². The predicted molar refractivity (Wildman–Crippen MR) is 57.5 cm³/mol. The zero-order valence-corrected chi connectivity index (χ0v) is 9.80. The summed E-state index contributed by atoms with van der Waals surface area (Å²) in [4.78, 5) is 21.7. The number of aromatic nitrogens is 3. The molecule has 2 N–H and O–H groups in total. The molecule has 0 atom stereocenters. The zero-order chi connectivity index (χ0) is 13.1. The van der Waals surface area contributed by atoms with Crippen molar-refractivity contribution in [1.29, 1.82) is 0 Å². The number of anilines is 1. The molecule has 0 aliphatic rings. The Bertz CT molecular complexity index is 421. The Labute approximate surface area is 97.6 Å². The quantitative estimate of drug-likeness (QED) is 0.808. The van der Waals surface area contributed by atoms with Crippen molar-refractivity contribution in [2.75, 3.05) is 5.32 Å². The number of carboxylic acid groups (broad SMARTS) is 1. The summed E-state index contributed by atoms with van der Waals surface area (Å²) in [7, 11) is 0. The lowest BCUT2D eigenvalue weighted by Gasteiger charge is -2.18. The van der Waals surface area contributed by atoms with Gasteiger partial charge in [-0.2, -0.15) is 0 Å².